The number of imide groups is 1. The maximum atomic E-state index is 11.9. The van der Waals surface area contributed by atoms with Gasteiger partial charge in [0.05, 0.1) is 18.2 Å². The summed E-state index contributed by atoms with van der Waals surface area (Å²) in [6, 6.07) is 8.22. The number of benzene rings is 1. The van der Waals surface area contributed by atoms with Crippen LogP contribution in [0.1, 0.15) is 5.56 Å². The lowest BCUT2D eigenvalue weighted by atomic mass is 10.1. The number of hydrogen-bond acceptors (Lipinski definition) is 4. The van der Waals surface area contributed by atoms with Crippen LogP contribution in [-0.4, -0.2) is 24.6 Å². The Balaban J connectivity index is 1.75. The molecule has 2 atom stereocenters. The average Bonchev–Trinajstić information content (AvgIpc) is 3.14. The minimum atomic E-state index is -0.716. The van der Waals surface area contributed by atoms with Crippen molar-refractivity contribution in [2.75, 3.05) is 11.4 Å². The fourth-order valence-corrected chi connectivity index (χ4v) is 2.35. The average molecular weight is 258 g/mol. The third kappa shape index (κ3) is 2.31. The zero-order chi connectivity index (χ0) is 13.4. The van der Waals surface area contributed by atoms with Gasteiger partial charge in [-0.2, -0.15) is 0 Å². The summed E-state index contributed by atoms with van der Waals surface area (Å²) in [5, 5.41) is 2.21. The Hall–Kier alpha value is -2.30. The zero-order valence-corrected chi connectivity index (χ0v) is 10.5. The fraction of sp³-hybridized carbons (Fsp3) is 0.286. The van der Waals surface area contributed by atoms with E-state index >= 15 is 0 Å². The SMILES string of the molecule is Cc1cccc(N2CC2C2C=COC(=O)NC2=O)c1. The van der Waals surface area contributed by atoms with Gasteiger partial charge in [-0.25, -0.2) is 4.79 Å². The number of nitrogens with zero attached hydrogens (tertiary/aromatic N) is 1. The molecule has 2 heterocycles. The highest BCUT2D eigenvalue weighted by atomic mass is 16.5. The van der Waals surface area contributed by atoms with Crippen LogP contribution in [0.5, 0.6) is 0 Å². The minimum Gasteiger partial charge on any atom is -0.418 e. The van der Waals surface area contributed by atoms with Crippen LogP contribution in [-0.2, 0) is 9.53 Å². The van der Waals surface area contributed by atoms with Gasteiger partial charge in [0, 0.05) is 12.2 Å². The van der Waals surface area contributed by atoms with Crippen molar-refractivity contribution >= 4 is 17.7 Å². The van der Waals surface area contributed by atoms with Gasteiger partial charge in [0.2, 0.25) is 5.91 Å². The molecule has 2 aliphatic rings. The molecule has 0 aliphatic carbocycles. The fourth-order valence-electron chi connectivity index (χ4n) is 2.35. The second kappa shape index (κ2) is 4.42. The molecular weight excluding hydrogens is 244 g/mol. The van der Waals surface area contributed by atoms with Gasteiger partial charge in [-0.3, -0.25) is 10.1 Å². The Morgan fingerprint density at radius 1 is 1.37 bits per heavy atom. The lowest BCUT2D eigenvalue weighted by Gasteiger charge is -2.11. The third-order valence-electron chi connectivity index (χ3n) is 3.39. The molecule has 0 aromatic heterocycles. The number of aryl methyl sites for hydroxylation is 1. The molecule has 1 aromatic carbocycles. The number of amides is 2. The van der Waals surface area contributed by atoms with E-state index in [9.17, 15) is 9.59 Å². The number of hydrogen-bond donors (Lipinski definition) is 1. The van der Waals surface area contributed by atoms with Gasteiger partial charge in [0.15, 0.2) is 0 Å². The monoisotopic (exact) mass is 258 g/mol. The molecule has 19 heavy (non-hydrogen) atoms. The van der Waals surface area contributed by atoms with Crippen molar-refractivity contribution in [3.8, 4) is 0 Å². The van der Waals surface area contributed by atoms with Gasteiger partial charge < -0.3 is 9.64 Å². The number of cyclic esters (lactones) is 1. The van der Waals surface area contributed by atoms with Crippen molar-refractivity contribution in [1.82, 2.24) is 5.32 Å². The number of carbonyl (C=O) groups excluding carboxylic acids is 2. The van der Waals surface area contributed by atoms with Crippen LogP contribution in [0.4, 0.5) is 10.5 Å². The molecule has 0 bridgehead atoms. The Labute approximate surface area is 110 Å². The second-order valence-electron chi connectivity index (χ2n) is 4.81. The molecule has 5 nitrogen and oxygen atoms in total. The molecule has 98 valence electrons. The van der Waals surface area contributed by atoms with Crippen LogP contribution in [0.25, 0.3) is 0 Å². The summed E-state index contributed by atoms with van der Waals surface area (Å²) in [4.78, 5) is 25.1. The summed E-state index contributed by atoms with van der Waals surface area (Å²) >= 11 is 0. The van der Waals surface area contributed by atoms with Crippen LogP contribution in [0.2, 0.25) is 0 Å². The summed E-state index contributed by atoms with van der Waals surface area (Å²) in [5.74, 6) is -0.661. The summed E-state index contributed by atoms with van der Waals surface area (Å²) in [7, 11) is 0. The van der Waals surface area contributed by atoms with Crippen molar-refractivity contribution in [3.63, 3.8) is 0 Å². The molecular formula is C14H14N2O3. The molecule has 2 aliphatic heterocycles. The number of nitrogens with one attached hydrogen (secondary N) is 1. The highest BCUT2D eigenvalue weighted by Gasteiger charge is 2.44. The van der Waals surface area contributed by atoms with Crippen molar-refractivity contribution in [3.05, 3.63) is 42.2 Å². The van der Waals surface area contributed by atoms with E-state index in [4.69, 9.17) is 0 Å². The summed E-state index contributed by atoms with van der Waals surface area (Å²) < 4.78 is 4.67. The topological polar surface area (TPSA) is 58.4 Å². The van der Waals surface area contributed by atoms with E-state index in [2.05, 4.69) is 21.0 Å². The first-order chi connectivity index (χ1) is 9.15. The number of ether oxygens (including phenoxy) is 1. The molecule has 0 radical (unpaired) electrons. The van der Waals surface area contributed by atoms with Crippen molar-refractivity contribution < 1.29 is 14.3 Å². The molecule has 3 rings (SSSR count). The lowest BCUT2D eigenvalue weighted by Crippen LogP contribution is -2.35. The molecule has 1 saturated heterocycles. The van der Waals surface area contributed by atoms with E-state index < -0.39 is 6.09 Å². The van der Waals surface area contributed by atoms with Gasteiger partial charge in [-0.05, 0) is 30.7 Å². The predicted octanol–water partition coefficient (Wildman–Crippen LogP) is 1.58. The highest BCUT2D eigenvalue weighted by molar-refractivity contribution is 5.96. The number of anilines is 1. The standard InChI is InChI=1S/C14H14N2O3/c1-9-3-2-4-10(7-9)16-8-12(16)11-5-6-19-14(18)15-13(11)17/h2-7,11-12H,8H2,1H3,(H,15,17,18). The molecule has 1 fully saturated rings. The number of carbonyl (C=O) groups is 2. The lowest BCUT2D eigenvalue weighted by molar-refractivity contribution is -0.122. The molecule has 0 saturated carbocycles. The van der Waals surface area contributed by atoms with Gasteiger partial charge in [0.1, 0.15) is 0 Å². The predicted molar refractivity (Wildman–Crippen MR) is 69.6 cm³/mol. The van der Waals surface area contributed by atoms with E-state index in [-0.39, 0.29) is 17.9 Å². The molecule has 0 spiro atoms. The van der Waals surface area contributed by atoms with Crippen molar-refractivity contribution in [2.45, 2.75) is 13.0 Å². The minimum absolute atomic E-state index is 0.0903. The van der Waals surface area contributed by atoms with Crippen molar-refractivity contribution in [1.29, 1.82) is 0 Å². The normalized spacial score (nSPS) is 25.6. The van der Waals surface area contributed by atoms with Gasteiger partial charge >= 0.3 is 6.09 Å². The number of rotatable bonds is 2. The van der Waals surface area contributed by atoms with Crippen LogP contribution in [0.15, 0.2) is 36.6 Å². The third-order valence-corrected chi connectivity index (χ3v) is 3.39. The highest BCUT2D eigenvalue weighted by Crippen LogP contribution is 2.34. The molecule has 2 amide bonds. The van der Waals surface area contributed by atoms with E-state index in [1.807, 2.05) is 25.1 Å². The maximum Gasteiger partial charge on any atom is 0.418 e. The number of alkyl carbamates (subject to hydrolysis) is 1. The molecule has 2 unspecified atom stereocenters. The van der Waals surface area contributed by atoms with E-state index in [1.165, 1.54) is 11.8 Å². The molecule has 5 heteroatoms. The Bertz CT molecular complexity index is 568. The first-order valence-corrected chi connectivity index (χ1v) is 6.16. The van der Waals surface area contributed by atoms with Crippen LogP contribution >= 0.6 is 0 Å². The van der Waals surface area contributed by atoms with Gasteiger partial charge in [-0.1, -0.05) is 12.1 Å². The van der Waals surface area contributed by atoms with Crippen molar-refractivity contribution in [2.24, 2.45) is 5.92 Å². The van der Waals surface area contributed by atoms with E-state index in [1.54, 1.807) is 6.08 Å². The first kappa shape index (κ1) is 11.8. The van der Waals surface area contributed by atoms with Gasteiger partial charge in [-0.15, -0.1) is 0 Å². The Kier molecular flexibility index (Phi) is 2.74. The smallest absolute Gasteiger partial charge is 0.418 e. The Morgan fingerprint density at radius 3 is 3.00 bits per heavy atom. The van der Waals surface area contributed by atoms with Gasteiger partial charge in [0.25, 0.3) is 0 Å². The molecule has 1 N–H and O–H groups in total. The Morgan fingerprint density at radius 2 is 2.21 bits per heavy atom. The zero-order valence-electron chi connectivity index (χ0n) is 10.5. The van der Waals surface area contributed by atoms with Crippen LogP contribution in [0.3, 0.4) is 0 Å². The first-order valence-electron chi connectivity index (χ1n) is 6.16. The van der Waals surface area contributed by atoms with Crippen LogP contribution < -0.4 is 10.2 Å². The summed E-state index contributed by atoms with van der Waals surface area (Å²) in [6.45, 7) is 2.84. The van der Waals surface area contributed by atoms with Crippen LogP contribution in [0, 0.1) is 12.8 Å². The van der Waals surface area contributed by atoms with E-state index in [0.29, 0.717) is 0 Å². The maximum absolute atomic E-state index is 11.9. The second-order valence-corrected chi connectivity index (χ2v) is 4.81. The summed E-state index contributed by atoms with van der Waals surface area (Å²) in [5.41, 5.74) is 2.28. The quantitative estimate of drug-likeness (QED) is 0.818. The van der Waals surface area contributed by atoms with E-state index in [0.717, 1.165) is 12.2 Å². The largest absolute Gasteiger partial charge is 0.418 e. The molecule has 1 aromatic rings. The summed E-state index contributed by atoms with van der Waals surface area (Å²) in [6.07, 6.45) is 2.21.